The Balaban J connectivity index is 1.29. The molecule has 10 heteroatoms. The second kappa shape index (κ2) is 8.69. The number of nitrogens with zero attached hydrogens (tertiary/aromatic N) is 4. The number of aryl methyl sites for hydroxylation is 1. The molecule has 3 N–H and O–H groups in total. The van der Waals surface area contributed by atoms with Gasteiger partial charge < -0.3 is 11.1 Å². The van der Waals surface area contributed by atoms with Gasteiger partial charge >= 0.3 is 0 Å². The highest BCUT2D eigenvalue weighted by Crippen LogP contribution is 2.36. The number of nitrogen functional groups attached to an aromatic ring is 1. The van der Waals surface area contributed by atoms with Crippen molar-refractivity contribution in [2.45, 2.75) is 25.7 Å². The highest BCUT2D eigenvalue weighted by Gasteiger charge is 2.33. The van der Waals surface area contributed by atoms with Crippen LogP contribution in [0.3, 0.4) is 0 Å². The number of halogens is 2. The van der Waals surface area contributed by atoms with Crippen LogP contribution >= 0.6 is 34.5 Å². The fourth-order valence-corrected chi connectivity index (χ4v) is 5.06. The van der Waals surface area contributed by atoms with Crippen LogP contribution in [0.4, 0.5) is 11.8 Å². The predicted molar refractivity (Wildman–Crippen MR) is 129 cm³/mol. The molecule has 0 radical (unpaired) electrons. The standard InChI is InChI=1S/C22H20Cl2N6OS/c23-13-5-6-14(15(24)10-13)16-11-17-26-8-9-30(17)22(28-16)27-7-1-2-18-29-21(25)20(32-18)19(31)12-3-4-12/h5-6,8-12H,1-4,7,25H2,(H,27,28). The minimum atomic E-state index is 0.147. The summed E-state index contributed by atoms with van der Waals surface area (Å²) in [4.78, 5) is 26.4. The normalized spacial score (nSPS) is 13.6. The number of fused-ring (bicyclic) bond motifs is 1. The smallest absolute Gasteiger partial charge is 0.209 e. The number of carbonyl (C=O) groups excluding carboxylic acids is 1. The van der Waals surface area contributed by atoms with Crippen molar-refractivity contribution < 1.29 is 4.79 Å². The van der Waals surface area contributed by atoms with Gasteiger partial charge in [-0.3, -0.25) is 9.20 Å². The molecule has 0 unspecified atom stereocenters. The van der Waals surface area contributed by atoms with E-state index in [9.17, 15) is 4.79 Å². The number of hydrogen-bond acceptors (Lipinski definition) is 7. The zero-order valence-electron chi connectivity index (χ0n) is 17.0. The second-order valence-electron chi connectivity index (χ2n) is 7.74. The molecular weight excluding hydrogens is 467 g/mol. The molecular formula is C22H20Cl2N6OS. The molecule has 0 saturated heterocycles. The van der Waals surface area contributed by atoms with Crippen molar-refractivity contribution in [3.8, 4) is 11.3 Å². The van der Waals surface area contributed by atoms with Gasteiger partial charge in [0, 0.05) is 47.9 Å². The summed E-state index contributed by atoms with van der Waals surface area (Å²) >= 11 is 13.8. The average Bonchev–Trinajstić information content (AvgIpc) is 3.39. The quantitative estimate of drug-likeness (QED) is 0.256. The highest BCUT2D eigenvalue weighted by molar-refractivity contribution is 7.14. The molecule has 5 rings (SSSR count). The fourth-order valence-electron chi connectivity index (χ4n) is 3.52. The first-order valence-corrected chi connectivity index (χ1v) is 11.9. The van der Waals surface area contributed by atoms with Crippen molar-refractivity contribution in [1.29, 1.82) is 0 Å². The van der Waals surface area contributed by atoms with Crippen molar-refractivity contribution in [2.24, 2.45) is 5.92 Å². The number of aromatic nitrogens is 4. The number of Topliss-reactive ketones (excluding diaryl/α,β-unsaturated/α-hetero) is 1. The SMILES string of the molecule is Nc1nc(CCCNc2nc(-c3ccc(Cl)cc3Cl)cc3nccn23)sc1C(=O)C1CC1. The lowest BCUT2D eigenvalue weighted by molar-refractivity contribution is 0.0972. The maximum atomic E-state index is 12.3. The zero-order valence-corrected chi connectivity index (χ0v) is 19.3. The molecule has 0 amide bonds. The number of benzene rings is 1. The van der Waals surface area contributed by atoms with E-state index in [-0.39, 0.29) is 11.7 Å². The number of thiazole rings is 1. The van der Waals surface area contributed by atoms with Gasteiger partial charge in [-0.15, -0.1) is 11.3 Å². The van der Waals surface area contributed by atoms with Crippen molar-refractivity contribution in [3.05, 3.63) is 56.6 Å². The van der Waals surface area contributed by atoms with E-state index in [0.717, 1.165) is 41.9 Å². The molecule has 3 aromatic heterocycles. The fraction of sp³-hybridized carbons (Fsp3) is 0.273. The van der Waals surface area contributed by atoms with E-state index in [0.29, 0.717) is 38.9 Å². The molecule has 3 heterocycles. The van der Waals surface area contributed by atoms with Gasteiger partial charge in [0.25, 0.3) is 0 Å². The van der Waals surface area contributed by atoms with E-state index >= 15 is 0 Å². The van der Waals surface area contributed by atoms with E-state index in [4.69, 9.17) is 33.9 Å². The summed E-state index contributed by atoms with van der Waals surface area (Å²) in [6.07, 6.45) is 7.06. The number of nitrogens with two attached hydrogens (primary N) is 1. The van der Waals surface area contributed by atoms with Gasteiger partial charge in [0.1, 0.15) is 16.3 Å². The topological polar surface area (TPSA) is 98.2 Å². The monoisotopic (exact) mass is 486 g/mol. The molecule has 0 bridgehead atoms. The van der Waals surface area contributed by atoms with Crippen LogP contribution < -0.4 is 11.1 Å². The van der Waals surface area contributed by atoms with E-state index in [1.807, 2.05) is 22.7 Å². The van der Waals surface area contributed by atoms with Crippen LogP contribution in [0.5, 0.6) is 0 Å². The lowest BCUT2D eigenvalue weighted by Gasteiger charge is -2.11. The molecule has 1 aliphatic carbocycles. The van der Waals surface area contributed by atoms with Crippen LogP contribution in [-0.2, 0) is 6.42 Å². The van der Waals surface area contributed by atoms with E-state index in [2.05, 4.69) is 15.3 Å². The lowest BCUT2D eigenvalue weighted by atomic mass is 10.1. The van der Waals surface area contributed by atoms with Crippen molar-refractivity contribution in [1.82, 2.24) is 19.4 Å². The minimum Gasteiger partial charge on any atom is -0.382 e. The number of imidazole rings is 1. The molecule has 0 aliphatic heterocycles. The highest BCUT2D eigenvalue weighted by atomic mass is 35.5. The van der Waals surface area contributed by atoms with E-state index < -0.39 is 0 Å². The minimum absolute atomic E-state index is 0.147. The molecule has 1 aliphatic rings. The Bertz CT molecular complexity index is 1310. The molecule has 0 spiro atoms. The van der Waals surface area contributed by atoms with E-state index in [1.165, 1.54) is 11.3 Å². The summed E-state index contributed by atoms with van der Waals surface area (Å²) < 4.78 is 1.89. The number of anilines is 2. The average molecular weight is 487 g/mol. The summed E-state index contributed by atoms with van der Waals surface area (Å²) in [5, 5.41) is 5.37. The zero-order chi connectivity index (χ0) is 22.2. The summed E-state index contributed by atoms with van der Waals surface area (Å²) in [7, 11) is 0. The summed E-state index contributed by atoms with van der Waals surface area (Å²) in [5.41, 5.74) is 8.23. The first-order valence-electron chi connectivity index (χ1n) is 10.3. The van der Waals surface area contributed by atoms with Crippen molar-refractivity contribution in [2.75, 3.05) is 17.6 Å². The first kappa shape index (κ1) is 21.2. The van der Waals surface area contributed by atoms with Crippen molar-refractivity contribution in [3.63, 3.8) is 0 Å². The van der Waals surface area contributed by atoms with Crippen LogP contribution in [-0.4, -0.2) is 31.7 Å². The molecule has 4 aromatic rings. The van der Waals surface area contributed by atoms with Gasteiger partial charge in [-0.2, -0.15) is 0 Å². The summed E-state index contributed by atoms with van der Waals surface area (Å²) in [6.45, 7) is 0.670. The van der Waals surface area contributed by atoms with Crippen molar-refractivity contribution >= 4 is 57.7 Å². The third kappa shape index (κ3) is 4.30. The molecule has 1 saturated carbocycles. The molecule has 1 fully saturated rings. The van der Waals surface area contributed by atoms with Gasteiger partial charge in [0.05, 0.1) is 15.7 Å². The van der Waals surface area contributed by atoms with Crippen LogP contribution in [0.15, 0.2) is 36.7 Å². The Morgan fingerprint density at radius 1 is 1.25 bits per heavy atom. The maximum Gasteiger partial charge on any atom is 0.209 e. The Hall–Kier alpha value is -2.68. The van der Waals surface area contributed by atoms with Gasteiger partial charge in [0.2, 0.25) is 5.95 Å². The van der Waals surface area contributed by atoms with Crippen LogP contribution in [0, 0.1) is 5.92 Å². The third-order valence-electron chi connectivity index (χ3n) is 5.32. The Morgan fingerprint density at radius 3 is 2.88 bits per heavy atom. The molecule has 164 valence electrons. The number of carbonyl (C=O) groups is 1. The Labute approximate surface area is 198 Å². The molecule has 1 aromatic carbocycles. The number of rotatable bonds is 8. The Morgan fingerprint density at radius 2 is 2.09 bits per heavy atom. The van der Waals surface area contributed by atoms with Crippen LogP contribution in [0.2, 0.25) is 10.0 Å². The van der Waals surface area contributed by atoms with Crippen LogP contribution in [0.1, 0.15) is 33.9 Å². The third-order valence-corrected chi connectivity index (χ3v) is 7.01. The summed E-state index contributed by atoms with van der Waals surface area (Å²) in [6, 6.07) is 7.22. The predicted octanol–water partition coefficient (Wildman–Crippen LogP) is 5.38. The van der Waals surface area contributed by atoms with Gasteiger partial charge in [0.15, 0.2) is 5.78 Å². The molecule has 0 atom stereocenters. The van der Waals surface area contributed by atoms with Gasteiger partial charge in [-0.05, 0) is 37.5 Å². The van der Waals surface area contributed by atoms with Crippen LogP contribution in [0.25, 0.3) is 16.9 Å². The number of hydrogen-bond donors (Lipinski definition) is 2. The number of ketones is 1. The first-order chi connectivity index (χ1) is 15.5. The molecule has 32 heavy (non-hydrogen) atoms. The van der Waals surface area contributed by atoms with Gasteiger partial charge in [-0.25, -0.2) is 15.0 Å². The molecule has 7 nitrogen and oxygen atoms in total. The summed E-state index contributed by atoms with van der Waals surface area (Å²) in [5.74, 6) is 1.33. The Kier molecular flexibility index (Phi) is 5.75. The van der Waals surface area contributed by atoms with E-state index in [1.54, 1.807) is 18.3 Å². The maximum absolute atomic E-state index is 12.3. The lowest BCUT2D eigenvalue weighted by Crippen LogP contribution is -2.09. The largest absolute Gasteiger partial charge is 0.382 e. The second-order valence-corrected chi connectivity index (χ2v) is 9.66. The van der Waals surface area contributed by atoms with Gasteiger partial charge in [-0.1, -0.05) is 23.2 Å². The number of nitrogens with one attached hydrogen (secondary N) is 1.